The summed E-state index contributed by atoms with van der Waals surface area (Å²) in [5.74, 6) is 0.643. The Balaban J connectivity index is 1.81. The summed E-state index contributed by atoms with van der Waals surface area (Å²) >= 11 is 0. The SMILES string of the molecule is C[NH+]1CCN(C(=O)COc2ccc(C#N)cc2)CC1. The van der Waals surface area contributed by atoms with E-state index in [0.717, 1.165) is 26.2 Å². The van der Waals surface area contributed by atoms with Crippen molar-refractivity contribution in [1.82, 2.24) is 4.90 Å². The summed E-state index contributed by atoms with van der Waals surface area (Å²) in [6.45, 7) is 3.62. The van der Waals surface area contributed by atoms with Gasteiger partial charge in [0.05, 0.1) is 44.9 Å². The molecule has 1 aliphatic heterocycles. The Bertz CT molecular complexity index is 470. The Morgan fingerprint density at radius 2 is 2.00 bits per heavy atom. The third-order valence-electron chi connectivity index (χ3n) is 3.32. The van der Waals surface area contributed by atoms with Crippen molar-refractivity contribution in [1.29, 1.82) is 5.26 Å². The molecule has 1 aliphatic rings. The van der Waals surface area contributed by atoms with Crippen LogP contribution in [0.15, 0.2) is 24.3 Å². The number of benzene rings is 1. The molecule has 0 radical (unpaired) electrons. The second-order valence-electron chi connectivity index (χ2n) is 4.76. The van der Waals surface area contributed by atoms with Gasteiger partial charge in [-0.3, -0.25) is 4.79 Å². The smallest absolute Gasteiger partial charge is 0.260 e. The van der Waals surface area contributed by atoms with Crippen molar-refractivity contribution in [2.24, 2.45) is 0 Å². The van der Waals surface area contributed by atoms with Gasteiger partial charge in [-0.2, -0.15) is 5.26 Å². The number of amides is 1. The van der Waals surface area contributed by atoms with Crippen LogP contribution in [0.1, 0.15) is 5.56 Å². The van der Waals surface area contributed by atoms with Gasteiger partial charge in [0.2, 0.25) is 0 Å². The molecule has 0 saturated carbocycles. The van der Waals surface area contributed by atoms with Gasteiger partial charge in [-0.15, -0.1) is 0 Å². The van der Waals surface area contributed by atoms with Crippen LogP contribution >= 0.6 is 0 Å². The van der Waals surface area contributed by atoms with Crippen molar-refractivity contribution in [3.8, 4) is 11.8 Å². The molecule has 1 saturated heterocycles. The maximum absolute atomic E-state index is 11.9. The fourth-order valence-corrected chi connectivity index (χ4v) is 2.00. The first kappa shape index (κ1) is 13.4. The van der Waals surface area contributed by atoms with E-state index >= 15 is 0 Å². The number of ether oxygens (including phenoxy) is 1. The number of hydrogen-bond acceptors (Lipinski definition) is 3. The highest BCUT2D eigenvalue weighted by Gasteiger charge is 2.21. The monoisotopic (exact) mass is 260 g/mol. The Morgan fingerprint density at radius 3 is 2.58 bits per heavy atom. The Morgan fingerprint density at radius 1 is 1.37 bits per heavy atom. The molecular formula is C14H18N3O2+. The van der Waals surface area contributed by atoms with Crippen molar-refractivity contribution in [3.63, 3.8) is 0 Å². The molecule has 0 unspecified atom stereocenters. The lowest BCUT2D eigenvalue weighted by Crippen LogP contribution is -3.12. The summed E-state index contributed by atoms with van der Waals surface area (Å²) in [5.41, 5.74) is 0.584. The highest BCUT2D eigenvalue weighted by atomic mass is 16.5. The number of likely N-dealkylation sites (N-methyl/N-ethyl adjacent to an activating group) is 1. The van der Waals surface area contributed by atoms with Crippen LogP contribution < -0.4 is 9.64 Å². The van der Waals surface area contributed by atoms with Gasteiger partial charge in [-0.1, -0.05) is 0 Å². The van der Waals surface area contributed by atoms with Crippen molar-refractivity contribution in [2.45, 2.75) is 0 Å². The molecule has 100 valence electrons. The molecule has 0 aromatic heterocycles. The lowest BCUT2D eigenvalue weighted by Gasteiger charge is -2.29. The number of quaternary nitrogens is 1. The van der Waals surface area contributed by atoms with Gasteiger partial charge >= 0.3 is 0 Å². The number of rotatable bonds is 3. The first-order valence-electron chi connectivity index (χ1n) is 6.41. The van der Waals surface area contributed by atoms with Crippen LogP contribution in [0.25, 0.3) is 0 Å². The second kappa shape index (κ2) is 6.21. The van der Waals surface area contributed by atoms with E-state index in [-0.39, 0.29) is 12.5 Å². The molecule has 2 rings (SSSR count). The molecule has 1 aromatic rings. The summed E-state index contributed by atoms with van der Waals surface area (Å²) < 4.78 is 5.44. The largest absolute Gasteiger partial charge is 0.484 e. The Kier molecular flexibility index (Phi) is 4.37. The molecule has 0 atom stereocenters. The molecule has 5 heteroatoms. The molecule has 5 nitrogen and oxygen atoms in total. The molecule has 0 aliphatic carbocycles. The Hall–Kier alpha value is -2.06. The van der Waals surface area contributed by atoms with Crippen LogP contribution in [-0.4, -0.2) is 50.6 Å². The number of nitriles is 1. The third kappa shape index (κ3) is 3.70. The molecule has 1 fully saturated rings. The van der Waals surface area contributed by atoms with Crippen molar-refractivity contribution >= 4 is 5.91 Å². The first-order chi connectivity index (χ1) is 9.19. The fraction of sp³-hybridized carbons (Fsp3) is 0.429. The lowest BCUT2D eigenvalue weighted by molar-refractivity contribution is -0.883. The summed E-state index contributed by atoms with van der Waals surface area (Å²) in [7, 11) is 2.13. The van der Waals surface area contributed by atoms with E-state index in [1.807, 2.05) is 11.0 Å². The van der Waals surface area contributed by atoms with Crippen LogP contribution in [0.2, 0.25) is 0 Å². The van der Waals surface area contributed by atoms with E-state index in [1.165, 1.54) is 4.90 Å². The summed E-state index contributed by atoms with van der Waals surface area (Å²) in [6, 6.07) is 8.82. The van der Waals surface area contributed by atoms with E-state index in [9.17, 15) is 4.79 Å². The molecule has 1 heterocycles. The van der Waals surface area contributed by atoms with E-state index in [4.69, 9.17) is 10.00 Å². The molecular weight excluding hydrogens is 242 g/mol. The minimum absolute atomic E-state index is 0.0249. The van der Waals surface area contributed by atoms with Gasteiger partial charge in [0.25, 0.3) is 5.91 Å². The van der Waals surface area contributed by atoms with E-state index in [2.05, 4.69) is 7.05 Å². The van der Waals surface area contributed by atoms with Gasteiger partial charge in [-0.25, -0.2) is 0 Å². The molecule has 0 spiro atoms. The van der Waals surface area contributed by atoms with E-state index in [1.54, 1.807) is 24.3 Å². The van der Waals surface area contributed by atoms with Gasteiger partial charge in [-0.05, 0) is 24.3 Å². The van der Waals surface area contributed by atoms with Gasteiger partial charge in [0.1, 0.15) is 5.75 Å². The van der Waals surface area contributed by atoms with Crippen LogP contribution in [0.5, 0.6) is 5.75 Å². The summed E-state index contributed by atoms with van der Waals surface area (Å²) in [5, 5.41) is 8.68. The standard InChI is InChI=1S/C14H17N3O2/c1-16-6-8-17(9-7-16)14(18)11-19-13-4-2-12(10-15)3-5-13/h2-5H,6-9,11H2,1H3/p+1. The van der Waals surface area contributed by atoms with Crippen molar-refractivity contribution < 1.29 is 14.4 Å². The minimum Gasteiger partial charge on any atom is -0.484 e. The van der Waals surface area contributed by atoms with E-state index < -0.39 is 0 Å². The highest BCUT2D eigenvalue weighted by molar-refractivity contribution is 5.77. The number of nitrogens with zero attached hydrogens (tertiary/aromatic N) is 2. The number of carbonyl (C=O) groups excluding carboxylic acids is 1. The second-order valence-corrected chi connectivity index (χ2v) is 4.76. The van der Waals surface area contributed by atoms with Crippen molar-refractivity contribution in [3.05, 3.63) is 29.8 Å². The zero-order chi connectivity index (χ0) is 13.7. The normalized spacial score (nSPS) is 15.9. The topological polar surface area (TPSA) is 57.8 Å². The van der Waals surface area contributed by atoms with E-state index in [0.29, 0.717) is 11.3 Å². The van der Waals surface area contributed by atoms with Crippen molar-refractivity contribution in [2.75, 3.05) is 39.8 Å². The number of nitrogens with one attached hydrogen (secondary N) is 1. The zero-order valence-corrected chi connectivity index (χ0v) is 11.1. The van der Waals surface area contributed by atoms with Gasteiger partial charge in [0, 0.05) is 0 Å². The van der Waals surface area contributed by atoms with Crippen LogP contribution in [0, 0.1) is 11.3 Å². The molecule has 1 aromatic carbocycles. The number of piperazine rings is 1. The molecule has 19 heavy (non-hydrogen) atoms. The van der Waals surface area contributed by atoms with Crippen LogP contribution in [-0.2, 0) is 4.79 Å². The average molecular weight is 260 g/mol. The predicted octanol–water partition coefficient (Wildman–Crippen LogP) is -0.706. The quantitative estimate of drug-likeness (QED) is 0.781. The maximum Gasteiger partial charge on any atom is 0.260 e. The third-order valence-corrected chi connectivity index (χ3v) is 3.32. The van der Waals surface area contributed by atoms with Crippen LogP contribution in [0.3, 0.4) is 0 Å². The number of carbonyl (C=O) groups is 1. The zero-order valence-electron chi connectivity index (χ0n) is 11.1. The summed E-state index contributed by atoms with van der Waals surface area (Å²) in [6.07, 6.45) is 0. The van der Waals surface area contributed by atoms with Gasteiger partial charge in [0.15, 0.2) is 6.61 Å². The summed E-state index contributed by atoms with van der Waals surface area (Å²) in [4.78, 5) is 15.2. The minimum atomic E-state index is 0.0249. The fourth-order valence-electron chi connectivity index (χ4n) is 2.00. The maximum atomic E-state index is 11.9. The number of hydrogen-bond donors (Lipinski definition) is 1. The Labute approximate surface area is 113 Å². The highest BCUT2D eigenvalue weighted by Crippen LogP contribution is 2.11. The molecule has 0 bridgehead atoms. The predicted molar refractivity (Wildman–Crippen MR) is 69.9 cm³/mol. The average Bonchev–Trinajstić information content (AvgIpc) is 2.46. The lowest BCUT2D eigenvalue weighted by atomic mass is 10.2. The molecule has 1 amide bonds. The first-order valence-corrected chi connectivity index (χ1v) is 6.41. The van der Waals surface area contributed by atoms with Crippen LogP contribution in [0.4, 0.5) is 0 Å². The van der Waals surface area contributed by atoms with Gasteiger partial charge < -0.3 is 14.5 Å². The molecule has 1 N–H and O–H groups in total.